The van der Waals surface area contributed by atoms with Gasteiger partial charge in [-0.3, -0.25) is 4.90 Å². The summed E-state index contributed by atoms with van der Waals surface area (Å²) in [6.45, 7) is 4.31. The third-order valence-corrected chi connectivity index (χ3v) is 4.58. The molecule has 29 heavy (non-hydrogen) atoms. The Morgan fingerprint density at radius 3 is 2.17 bits per heavy atom. The normalized spacial score (nSPS) is 15.8. The van der Waals surface area contributed by atoms with Gasteiger partial charge in [-0.1, -0.05) is 24.3 Å². The summed E-state index contributed by atoms with van der Waals surface area (Å²) < 4.78 is 55.3. The van der Waals surface area contributed by atoms with E-state index in [4.69, 9.17) is 0 Å². The van der Waals surface area contributed by atoms with Gasteiger partial charge in [0.15, 0.2) is 11.6 Å². The molecule has 0 amide bonds. The van der Waals surface area contributed by atoms with Crippen molar-refractivity contribution in [3.63, 3.8) is 0 Å². The first-order chi connectivity index (χ1) is 12.8. The van der Waals surface area contributed by atoms with Crippen LogP contribution in [0.4, 0.5) is 17.6 Å². The Hall–Kier alpha value is -1.74. The van der Waals surface area contributed by atoms with E-state index in [0.717, 1.165) is 13.1 Å². The van der Waals surface area contributed by atoms with E-state index >= 15 is 0 Å². The van der Waals surface area contributed by atoms with Crippen LogP contribution in [0.5, 0.6) is 11.5 Å². The number of aromatic hydroxyl groups is 1. The molecule has 1 saturated heterocycles. The molecule has 0 aromatic heterocycles. The van der Waals surface area contributed by atoms with E-state index in [2.05, 4.69) is 15.0 Å². The average Bonchev–Trinajstić information content (AvgIpc) is 2.63. The molecular formula is C19H22Cl2F4N2O2. The minimum atomic E-state index is -4.77. The third-order valence-electron chi connectivity index (χ3n) is 4.58. The van der Waals surface area contributed by atoms with Gasteiger partial charge in [-0.15, -0.1) is 38.0 Å². The Kier molecular flexibility index (Phi) is 9.02. The molecule has 2 aromatic carbocycles. The summed E-state index contributed by atoms with van der Waals surface area (Å²) in [6.07, 6.45) is -4.77. The first-order valence-corrected chi connectivity index (χ1v) is 8.54. The van der Waals surface area contributed by atoms with E-state index in [1.165, 1.54) is 24.3 Å². The topological polar surface area (TPSA) is 44.7 Å². The molecule has 0 spiro atoms. The first-order valence-electron chi connectivity index (χ1n) is 8.54. The molecule has 1 aliphatic heterocycles. The van der Waals surface area contributed by atoms with Crippen LogP contribution in [0.1, 0.15) is 22.7 Å². The quantitative estimate of drug-likeness (QED) is 0.661. The monoisotopic (exact) mass is 456 g/mol. The van der Waals surface area contributed by atoms with Crippen molar-refractivity contribution in [3.8, 4) is 11.5 Å². The van der Waals surface area contributed by atoms with Crippen LogP contribution in [0.25, 0.3) is 0 Å². The molecule has 2 aromatic rings. The maximum Gasteiger partial charge on any atom is 0.573 e. The highest BCUT2D eigenvalue weighted by molar-refractivity contribution is 5.85. The van der Waals surface area contributed by atoms with Crippen molar-refractivity contribution >= 4 is 24.8 Å². The van der Waals surface area contributed by atoms with E-state index in [-0.39, 0.29) is 30.6 Å². The average molecular weight is 457 g/mol. The number of alkyl halides is 3. The SMILES string of the molecule is Cc1ccc([C@@H](c2ccc(OC(F)(F)F)cc2)N2CCNCC2)c(O)c1F.Cl.Cl. The lowest BCUT2D eigenvalue weighted by Gasteiger charge is -2.36. The van der Waals surface area contributed by atoms with Gasteiger partial charge >= 0.3 is 6.36 Å². The number of phenols is 1. The summed E-state index contributed by atoms with van der Waals surface area (Å²) >= 11 is 0. The molecule has 0 saturated carbocycles. The second kappa shape index (κ2) is 10.3. The molecule has 4 nitrogen and oxygen atoms in total. The molecule has 2 N–H and O–H groups in total. The second-order valence-electron chi connectivity index (χ2n) is 6.44. The lowest BCUT2D eigenvalue weighted by Crippen LogP contribution is -2.45. The fourth-order valence-electron chi connectivity index (χ4n) is 3.28. The minimum Gasteiger partial charge on any atom is -0.505 e. The summed E-state index contributed by atoms with van der Waals surface area (Å²) in [5, 5.41) is 13.6. The molecule has 0 unspecified atom stereocenters. The van der Waals surface area contributed by atoms with E-state index in [9.17, 15) is 22.7 Å². The lowest BCUT2D eigenvalue weighted by molar-refractivity contribution is -0.274. The maximum absolute atomic E-state index is 14.3. The van der Waals surface area contributed by atoms with Gasteiger partial charge in [0.2, 0.25) is 0 Å². The van der Waals surface area contributed by atoms with Crippen LogP contribution in [-0.4, -0.2) is 42.5 Å². The largest absolute Gasteiger partial charge is 0.573 e. The van der Waals surface area contributed by atoms with Crippen LogP contribution in [0, 0.1) is 12.7 Å². The molecule has 0 bridgehead atoms. The number of piperazine rings is 1. The molecule has 10 heteroatoms. The van der Waals surface area contributed by atoms with E-state index in [1.54, 1.807) is 19.1 Å². The number of hydrogen-bond acceptors (Lipinski definition) is 4. The highest BCUT2D eigenvalue weighted by Crippen LogP contribution is 2.37. The Morgan fingerprint density at radius 1 is 1.03 bits per heavy atom. The number of benzene rings is 2. The zero-order valence-corrected chi connectivity index (χ0v) is 17.1. The predicted molar refractivity (Wildman–Crippen MR) is 107 cm³/mol. The molecule has 0 radical (unpaired) electrons. The number of aryl methyl sites for hydroxylation is 1. The molecule has 1 heterocycles. The molecule has 0 aliphatic carbocycles. The number of halogens is 6. The molecular weight excluding hydrogens is 435 g/mol. The van der Waals surface area contributed by atoms with Crippen molar-refractivity contribution < 1.29 is 27.4 Å². The fourth-order valence-corrected chi connectivity index (χ4v) is 3.28. The van der Waals surface area contributed by atoms with Crippen LogP contribution in [0.3, 0.4) is 0 Å². The number of phenolic OH excluding ortho intramolecular Hbond substituents is 1. The summed E-state index contributed by atoms with van der Waals surface area (Å²) in [4.78, 5) is 2.06. The van der Waals surface area contributed by atoms with Gasteiger partial charge in [-0.2, -0.15) is 0 Å². The highest BCUT2D eigenvalue weighted by Gasteiger charge is 2.32. The van der Waals surface area contributed by atoms with Gasteiger partial charge in [0.1, 0.15) is 5.75 Å². The Labute approximate surface area is 178 Å². The van der Waals surface area contributed by atoms with Gasteiger partial charge in [0.05, 0.1) is 6.04 Å². The van der Waals surface area contributed by atoms with Crippen LogP contribution >= 0.6 is 24.8 Å². The number of ether oxygens (including phenoxy) is 1. The first kappa shape index (κ1) is 25.3. The van der Waals surface area contributed by atoms with Crippen molar-refractivity contribution in [2.45, 2.75) is 19.3 Å². The van der Waals surface area contributed by atoms with Crippen LogP contribution < -0.4 is 10.1 Å². The van der Waals surface area contributed by atoms with E-state index in [1.807, 2.05) is 0 Å². The third kappa shape index (κ3) is 6.12. The Morgan fingerprint density at radius 2 is 1.62 bits per heavy atom. The molecule has 1 atom stereocenters. The standard InChI is InChI=1S/C19H20F4N2O2.2ClH/c1-12-2-7-15(18(26)16(12)20)17(25-10-8-24-9-11-25)13-3-5-14(6-4-13)27-19(21,22)23;;/h2-7,17,24,26H,8-11H2,1H3;2*1H/t17-;;/m1../s1. The Balaban J connectivity index is 0.00000210. The van der Waals surface area contributed by atoms with Gasteiger partial charge in [-0.25, -0.2) is 4.39 Å². The molecule has 162 valence electrons. The van der Waals surface area contributed by atoms with Gasteiger partial charge < -0.3 is 15.2 Å². The van der Waals surface area contributed by atoms with E-state index < -0.39 is 24.0 Å². The lowest BCUT2D eigenvalue weighted by atomic mass is 9.94. The number of hydrogen-bond donors (Lipinski definition) is 2. The van der Waals surface area contributed by atoms with Gasteiger partial charge in [0.25, 0.3) is 0 Å². The van der Waals surface area contributed by atoms with E-state index in [0.29, 0.717) is 29.8 Å². The molecule has 3 rings (SSSR count). The maximum atomic E-state index is 14.3. The van der Waals surface area contributed by atoms with Crippen molar-refractivity contribution in [3.05, 3.63) is 58.9 Å². The predicted octanol–water partition coefficient (Wildman–Crippen LogP) is 4.58. The van der Waals surface area contributed by atoms with Crippen LogP contribution in [0.15, 0.2) is 36.4 Å². The van der Waals surface area contributed by atoms with Gasteiger partial charge in [0, 0.05) is 31.7 Å². The smallest absolute Gasteiger partial charge is 0.505 e. The zero-order chi connectivity index (χ0) is 19.6. The summed E-state index contributed by atoms with van der Waals surface area (Å²) in [7, 11) is 0. The Bertz CT molecular complexity index is 798. The number of nitrogens with zero attached hydrogens (tertiary/aromatic N) is 1. The minimum absolute atomic E-state index is 0. The van der Waals surface area contributed by atoms with Crippen molar-refractivity contribution in [1.82, 2.24) is 10.2 Å². The second-order valence-corrected chi connectivity index (χ2v) is 6.44. The zero-order valence-electron chi connectivity index (χ0n) is 15.5. The highest BCUT2D eigenvalue weighted by atomic mass is 35.5. The van der Waals surface area contributed by atoms with Crippen molar-refractivity contribution in [2.24, 2.45) is 0 Å². The number of nitrogens with one attached hydrogen (secondary N) is 1. The number of rotatable bonds is 4. The van der Waals surface area contributed by atoms with Crippen molar-refractivity contribution in [2.75, 3.05) is 26.2 Å². The van der Waals surface area contributed by atoms with Crippen LogP contribution in [-0.2, 0) is 0 Å². The summed E-state index contributed by atoms with van der Waals surface area (Å²) in [5.41, 5.74) is 1.35. The summed E-state index contributed by atoms with van der Waals surface area (Å²) in [6, 6.07) is 8.21. The summed E-state index contributed by atoms with van der Waals surface area (Å²) in [5.74, 6) is -1.46. The van der Waals surface area contributed by atoms with Gasteiger partial charge in [-0.05, 0) is 30.2 Å². The van der Waals surface area contributed by atoms with Crippen molar-refractivity contribution in [1.29, 1.82) is 0 Å². The molecule has 1 fully saturated rings. The molecule has 1 aliphatic rings. The fraction of sp³-hybridized carbons (Fsp3) is 0.368. The van der Waals surface area contributed by atoms with Crippen LogP contribution in [0.2, 0.25) is 0 Å².